The number of carbonyl (C=O) groups excluding carboxylic acids is 2. The Morgan fingerprint density at radius 3 is 1.12 bits per heavy atom. The summed E-state index contributed by atoms with van der Waals surface area (Å²) >= 11 is 24.6. The van der Waals surface area contributed by atoms with E-state index in [1.165, 1.54) is 0 Å². The van der Waals surface area contributed by atoms with Crippen LogP contribution in [0, 0.1) is 0 Å². The average molecular weight is 400 g/mol. The van der Waals surface area contributed by atoms with Crippen LogP contribution in [0.1, 0.15) is 20.7 Å². The molecule has 0 saturated heterocycles. The van der Waals surface area contributed by atoms with Gasteiger partial charge in [0.1, 0.15) is 0 Å². The summed E-state index contributed by atoms with van der Waals surface area (Å²) in [5, 5.41) is 0.726. The zero-order valence-electron chi connectivity index (χ0n) is 12.2. The van der Waals surface area contributed by atoms with Crippen molar-refractivity contribution in [1.82, 2.24) is 0 Å². The molecule has 122 valence electrons. The van der Waals surface area contributed by atoms with Gasteiger partial charge in [-0.2, -0.15) is 0 Å². The lowest BCUT2D eigenvalue weighted by Gasteiger charge is -2.11. The van der Waals surface area contributed by atoms with Crippen LogP contribution >= 0.6 is 46.4 Å². The Kier molecular flexibility index (Phi) is 5.89. The summed E-state index contributed by atoms with van der Waals surface area (Å²) in [5.41, 5.74) is 1.56. The van der Waals surface area contributed by atoms with Gasteiger partial charge in [-0.25, -0.2) is 0 Å². The zero-order valence-corrected chi connectivity index (χ0v) is 15.2. The third kappa shape index (κ3) is 3.57. The monoisotopic (exact) mass is 398 g/mol. The highest BCUT2D eigenvalue weighted by Gasteiger charge is 2.17. The topological polar surface area (TPSA) is 34.1 Å². The van der Waals surface area contributed by atoms with Crippen molar-refractivity contribution < 1.29 is 9.59 Å². The Morgan fingerprint density at radius 1 is 0.667 bits per heavy atom. The van der Waals surface area contributed by atoms with E-state index in [0.717, 1.165) is 12.2 Å². The van der Waals surface area contributed by atoms with Gasteiger partial charge in [0, 0.05) is 0 Å². The van der Waals surface area contributed by atoms with Crippen LogP contribution in [0.25, 0.3) is 11.1 Å². The first kappa shape index (κ1) is 18.8. The van der Waals surface area contributed by atoms with Crippen molar-refractivity contribution in [2.75, 3.05) is 0 Å². The van der Waals surface area contributed by atoms with E-state index in [2.05, 4.69) is 13.2 Å². The number of hydrogen-bond acceptors (Lipinski definition) is 2. The third-order valence-electron chi connectivity index (χ3n) is 3.28. The Labute approximate surface area is 159 Å². The van der Waals surface area contributed by atoms with Crippen molar-refractivity contribution in [3.8, 4) is 11.1 Å². The molecule has 0 amide bonds. The number of rotatable bonds is 5. The fourth-order valence-corrected chi connectivity index (χ4v) is 3.50. The molecule has 0 aliphatic carbocycles. The molecule has 0 heterocycles. The van der Waals surface area contributed by atoms with Crippen molar-refractivity contribution in [2.24, 2.45) is 0 Å². The summed E-state index contributed by atoms with van der Waals surface area (Å²) < 4.78 is 0. The average Bonchev–Trinajstić information content (AvgIpc) is 2.52. The molecule has 0 bridgehead atoms. The number of halogens is 4. The largest absolute Gasteiger partial charge is 0.289 e. The maximum absolute atomic E-state index is 11.8. The Hall–Kier alpha value is -1.58. The summed E-state index contributed by atoms with van der Waals surface area (Å²) in [6.07, 6.45) is 2.27. The van der Waals surface area contributed by atoms with E-state index < -0.39 is 0 Å². The smallest absolute Gasteiger partial charge is 0.188 e. The van der Waals surface area contributed by atoms with Gasteiger partial charge in [0.05, 0.1) is 31.2 Å². The van der Waals surface area contributed by atoms with Gasteiger partial charge < -0.3 is 0 Å². The maximum Gasteiger partial charge on any atom is 0.188 e. The summed E-state index contributed by atoms with van der Waals surface area (Å²) in [6, 6.07) is 6.28. The van der Waals surface area contributed by atoms with E-state index >= 15 is 0 Å². The first-order valence-corrected chi connectivity index (χ1v) is 8.13. The first-order chi connectivity index (χ1) is 11.3. The summed E-state index contributed by atoms with van der Waals surface area (Å²) in [6.45, 7) is 6.83. The van der Waals surface area contributed by atoms with E-state index in [1.807, 2.05) is 0 Å². The Balaban J connectivity index is 2.62. The fourth-order valence-electron chi connectivity index (χ4n) is 2.15. The molecule has 6 heteroatoms. The zero-order chi connectivity index (χ0) is 18.0. The number of benzene rings is 2. The van der Waals surface area contributed by atoms with Gasteiger partial charge >= 0.3 is 0 Å². The molecule has 24 heavy (non-hydrogen) atoms. The predicted molar refractivity (Wildman–Crippen MR) is 101 cm³/mol. The standard InChI is InChI=1S/C18H10Cl4O2/c1-3-15(23)17-11(19)5-9(6-12(17)20)10-7-13(21)18(14(22)8-10)16(24)4-2/h3-8H,1-2H2. The highest BCUT2D eigenvalue weighted by molar-refractivity contribution is 6.42. The van der Waals surface area contributed by atoms with Gasteiger partial charge in [0.2, 0.25) is 0 Å². The van der Waals surface area contributed by atoms with Gasteiger partial charge in [-0.1, -0.05) is 59.6 Å². The van der Waals surface area contributed by atoms with E-state index in [9.17, 15) is 9.59 Å². The number of allylic oxidation sites excluding steroid dienone is 2. The summed E-state index contributed by atoms with van der Waals surface area (Å²) in [5.74, 6) is -0.751. The van der Waals surface area contributed by atoms with Crippen LogP contribution in [0.15, 0.2) is 49.6 Å². The second-order valence-corrected chi connectivity index (χ2v) is 6.40. The molecule has 2 aromatic rings. The first-order valence-electron chi connectivity index (χ1n) is 6.62. The molecule has 0 N–H and O–H groups in total. The lowest BCUT2D eigenvalue weighted by atomic mass is 9.99. The van der Waals surface area contributed by atoms with Gasteiger partial charge in [0.25, 0.3) is 0 Å². The lowest BCUT2D eigenvalue weighted by Crippen LogP contribution is -1.99. The molecule has 0 aliphatic heterocycles. The molecule has 0 saturated carbocycles. The Bertz CT molecular complexity index is 765. The molecule has 2 rings (SSSR count). The van der Waals surface area contributed by atoms with Crippen molar-refractivity contribution in [1.29, 1.82) is 0 Å². The molecule has 0 fully saturated rings. The van der Waals surface area contributed by atoms with E-state index in [1.54, 1.807) is 24.3 Å². The van der Waals surface area contributed by atoms with Crippen LogP contribution in [-0.4, -0.2) is 11.6 Å². The van der Waals surface area contributed by atoms with Crippen molar-refractivity contribution >= 4 is 58.0 Å². The highest BCUT2D eigenvalue weighted by Crippen LogP contribution is 2.36. The molecule has 0 aliphatic rings. The molecule has 0 atom stereocenters. The number of carbonyl (C=O) groups is 2. The SMILES string of the molecule is C=CC(=O)c1c(Cl)cc(-c2cc(Cl)c(C(=O)C=C)c(Cl)c2)cc1Cl. The van der Waals surface area contributed by atoms with Crippen molar-refractivity contribution in [3.05, 3.63) is 80.8 Å². The second kappa shape index (κ2) is 7.54. The van der Waals surface area contributed by atoms with Crippen LogP contribution < -0.4 is 0 Å². The molecule has 2 nitrogen and oxygen atoms in total. The van der Waals surface area contributed by atoms with E-state index in [4.69, 9.17) is 46.4 Å². The Morgan fingerprint density at radius 2 is 0.917 bits per heavy atom. The van der Waals surface area contributed by atoms with E-state index in [0.29, 0.717) is 11.1 Å². The van der Waals surface area contributed by atoms with Gasteiger partial charge in [-0.15, -0.1) is 0 Å². The minimum atomic E-state index is -0.375. The quantitative estimate of drug-likeness (QED) is 0.413. The van der Waals surface area contributed by atoms with Gasteiger partial charge in [0.15, 0.2) is 11.6 Å². The van der Waals surface area contributed by atoms with Crippen LogP contribution in [0.5, 0.6) is 0 Å². The predicted octanol–water partition coefficient (Wildman–Crippen LogP) is 6.70. The van der Waals surface area contributed by atoms with Crippen LogP contribution in [0.2, 0.25) is 20.1 Å². The third-order valence-corrected chi connectivity index (χ3v) is 4.47. The maximum atomic E-state index is 11.8. The van der Waals surface area contributed by atoms with Crippen LogP contribution in [-0.2, 0) is 0 Å². The summed E-state index contributed by atoms with van der Waals surface area (Å²) in [7, 11) is 0. The molecule has 2 aromatic carbocycles. The molecular formula is C18H10Cl4O2. The normalized spacial score (nSPS) is 10.3. The second-order valence-electron chi connectivity index (χ2n) is 4.77. The minimum Gasteiger partial charge on any atom is -0.289 e. The van der Waals surface area contributed by atoms with Crippen molar-refractivity contribution in [2.45, 2.75) is 0 Å². The van der Waals surface area contributed by atoms with Crippen LogP contribution in [0.4, 0.5) is 0 Å². The highest BCUT2D eigenvalue weighted by atomic mass is 35.5. The summed E-state index contributed by atoms with van der Waals surface area (Å²) in [4.78, 5) is 23.6. The van der Waals surface area contributed by atoms with Gasteiger partial charge in [-0.3, -0.25) is 9.59 Å². The molecule has 0 spiro atoms. The lowest BCUT2D eigenvalue weighted by molar-refractivity contribution is 0.103. The van der Waals surface area contributed by atoms with Crippen molar-refractivity contribution in [3.63, 3.8) is 0 Å². The molecule has 0 aromatic heterocycles. The molecule has 0 radical (unpaired) electrons. The fraction of sp³-hybridized carbons (Fsp3) is 0. The number of hydrogen-bond donors (Lipinski definition) is 0. The number of ketones is 2. The van der Waals surface area contributed by atoms with Crippen LogP contribution in [0.3, 0.4) is 0 Å². The van der Waals surface area contributed by atoms with Gasteiger partial charge in [-0.05, 0) is 47.5 Å². The molecular weight excluding hydrogens is 390 g/mol. The minimum absolute atomic E-state index is 0.174. The molecule has 0 unspecified atom stereocenters. The van der Waals surface area contributed by atoms with E-state index in [-0.39, 0.29) is 42.8 Å².